The summed E-state index contributed by atoms with van der Waals surface area (Å²) in [5.41, 5.74) is -1.93. The lowest BCUT2D eigenvalue weighted by atomic mass is 10.0. The Labute approximate surface area is 106 Å². The standard InChI is InChI=1S/C12H10F4O3/c1-2-19-11(18)6-10(17)8-5-7(12(14,15)16)3-4-9(8)13/h3-5H,2,6H2,1H3. The van der Waals surface area contributed by atoms with Gasteiger partial charge < -0.3 is 4.74 Å². The molecule has 0 saturated heterocycles. The number of ketones is 1. The Morgan fingerprint density at radius 3 is 2.42 bits per heavy atom. The maximum absolute atomic E-state index is 13.3. The van der Waals surface area contributed by atoms with Crippen molar-refractivity contribution in [2.24, 2.45) is 0 Å². The van der Waals surface area contributed by atoms with E-state index in [-0.39, 0.29) is 6.61 Å². The quantitative estimate of drug-likeness (QED) is 0.368. The van der Waals surface area contributed by atoms with E-state index in [0.717, 1.165) is 0 Å². The van der Waals surface area contributed by atoms with Crippen molar-refractivity contribution < 1.29 is 31.9 Å². The fraction of sp³-hybridized carbons (Fsp3) is 0.333. The van der Waals surface area contributed by atoms with Crippen LogP contribution in [-0.2, 0) is 15.7 Å². The highest BCUT2D eigenvalue weighted by molar-refractivity contribution is 6.06. The largest absolute Gasteiger partial charge is 0.466 e. The Balaban J connectivity index is 2.99. The van der Waals surface area contributed by atoms with Crippen LogP contribution in [0.5, 0.6) is 0 Å². The van der Waals surface area contributed by atoms with Crippen LogP contribution in [-0.4, -0.2) is 18.4 Å². The van der Waals surface area contributed by atoms with Gasteiger partial charge in [0.15, 0.2) is 5.78 Å². The molecule has 0 atom stereocenters. The molecule has 0 heterocycles. The summed E-state index contributed by atoms with van der Waals surface area (Å²) in [4.78, 5) is 22.6. The first-order chi connectivity index (χ1) is 8.75. The zero-order chi connectivity index (χ0) is 14.6. The molecule has 0 aliphatic carbocycles. The van der Waals surface area contributed by atoms with Crippen LogP contribution in [0.4, 0.5) is 17.6 Å². The van der Waals surface area contributed by atoms with Crippen molar-refractivity contribution in [1.82, 2.24) is 0 Å². The number of benzene rings is 1. The first kappa shape index (κ1) is 15.1. The third-order valence-electron chi connectivity index (χ3n) is 2.20. The van der Waals surface area contributed by atoms with Gasteiger partial charge in [-0.2, -0.15) is 13.2 Å². The molecule has 19 heavy (non-hydrogen) atoms. The lowest BCUT2D eigenvalue weighted by Gasteiger charge is -2.09. The highest BCUT2D eigenvalue weighted by Crippen LogP contribution is 2.30. The predicted octanol–water partition coefficient (Wildman–Crippen LogP) is 2.98. The first-order valence-electron chi connectivity index (χ1n) is 5.31. The van der Waals surface area contributed by atoms with Crippen LogP contribution in [0.25, 0.3) is 0 Å². The van der Waals surface area contributed by atoms with Crippen molar-refractivity contribution in [3.63, 3.8) is 0 Å². The summed E-state index contributed by atoms with van der Waals surface area (Å²) in [6, 6.07) is 1.45. The number of rotatable bonds is 4. The molecule has 0 aromatic heterocycles. The van der Waals surface area contributed by atoms with Crippen LogP contribution in [0.2, 0.25) is 0 Å². The molecule has 0 aliphatic heterocycles. The Kier molecular flexibility index (Phi) is 4.63. The molecule has 3 nitrogen and oxygen atoms in total. The summed E-state index contributed by atoms with van der Waals surface area (Å²) >= 11 is 0. The van der Waals surface area contributed by atoms with Crippen molar-refractivity contribution in [1.29, 1.82) is 0 Å². The SMILES string of the molecule is CCOC(=O)CC(=O)c1cc(C(F)(F)F)ccc1F. The number of hydrogen-bond acceptors (Lipinski definition) is 3. The van der Waals surface area contributed by atoms with Gasteiger partial charge in [-0.15, -0.1) is 0 Å². The number of ether oxygens (including phenoxy) is 1. The third kappa shape index (κ3) is 4.04. The van der Waals surface area contributed by atoms with Crippen LogP contribution in [0, 0.1) is 5.82 Å². The Hall–Kier alpha value is -1.92. The summed E-state index contributed by atoms with van der Waals surface area (Å²) in [6.45, 7) is 1.53. The topological polar surface area (TPSA) is 43.4 Å². The molecule has 0 unspecified atom stereocenters. The first-order valence-corrected chi connectivity index (χ1v) is 5.31. The van der Waals surface area contributed by atoms with Gasteiger partial charge in [-0.25, -0.2) is 4.39 Å². The third-order valence-corrected chi connectivity index (χ3v) is 2.20. The van der Waals surface area contributed by atoms with Gasteiger partial charge in [0.2, 0.25) is 0 Å². The smallest absolute Gasteiger partial charge is 0.416 e. The van der Waals surface area contributed by atoms with Gasteiger partial charge in [-0.3, -0.25) is 9.59 Å². The van der Waals surface area contributed by atoms with Crippen LogP contribution in [0.3, 0.4) is 0 Å². The number of carbonyl (C=O) groups is 2. The molecule has 0 spiro atoms. The molecule has 1 aromatic carbocycles. The minimum atomic E-state index is -4.69. The molecule has 1 rings (SSSR count). The number of alkyl halides is 3. The van der Waals surface area contributed by atoms with E-state index in [4.69, 9.17) is 0 Å². The molecule has 0 N–H and O–H groups in total. The van der Waals surface area contributed by atoms with Crippen molar-refractivity contribution in [2.75, 3.05) is 6.61 Å². The Bertz CT molecular complexity index is 494. The number of halogens is 4. The van der Waals surface area contributed by atoms with Crippen molar-refractivity contribution in [3.8, 4) is 0 Å². The second-order valence-electron chi connectivity index (χ2n) is 3.60. The molecular weight excluding hydrogens is 268 g/mol. The molecule has 0 aliphatic rings. The van der Waals surface area contributed by atoms with E-state index in [1.54, 1.807) is 0 Å². The van der Waals surface area contributed by atoms with E-state index in [2.05, 4.69) is 4.74 Å². The van der Waals surface area contributed by atoms with Gasteiger partial charge in [0, 0.05) is 0 Å². The highest BCUT2D eigenvalue weighted by atomic mass is 19.4. The second-order valence-corrected chi connectivity index (χ2v) is 3.60. The predicted molar refractivity (Wildman–Crippen MR) is 57.0 cm³/mol. The summed E-state index contributed by atoms with van der Waals surface area (Å²) < 4.78 is 55.0. The minimum Gasteiger partial charge on any atom is -0.466 e. The number of carbonyl (C=O) groups excluding carboxylic acids is 2. The number of esters is 1. The monoisotopic (exact) mass is 278 g/mol. The van der Waals surface area contributed by atoms with Crippen molar-refractivity contribution in [3.05, 3.63) is 35.1 Å². The van der Waals surface area contributed by atoms with E-state index >= 15 is 0 Å². The van der Waals surface area contributed by atoms with E-state index in [9.17, 15) is 27.2 Å². The highest BCUT2D eigenvalue weighted by Gasteiger charge is 2.32. The Morgan fingerprint density at radius 1 is 1.26 bits per heavy atom. The average Bonchev–Trinajstić information content (AvgIpc) is 2.27. The normalized spacial score (nSPS) is 11.2. The summed E-state index contributed by atoms with van der Waals surface area (Å²) in [7, 11) is 0. The van der Waals surface area contributed by atoms with Crippen LogP contribution < -0.4 is 0 Å². The molecule has 0 fully saturated rings. The van der Waals surface area contributed by atoms with E-state index in [0.29, 0.717) is 18.2 Å². The fourth-order valence-electron chi connectivity index (χ4n) is 1.35. The summed E-state index contributed by atoms with van der Waals surface area (Å²) in [5.74, 6) is -3.08. The zero-order valence-electron chi connectivity index (χ0n) is 9.88. The lowest BCUT2D eigenvalue weighted by Crippen LogP contribution is -2.14. The summed E-state index contributed by atoms with van der Waals surface area (Å²) in [6.07, 6.45) is -5.49. The van der Waals surface area contributed by atoms with Crippen LogP contribution in [0.1, 0.15) is 29.3 Å². The molecule has 0 radical (unpaired) electrons. The zero-order valence-corrected chi connectivity index (χ0v) is 9.88. The Morgan fingerprint density at radius 2 is 1.89 bits per heavy atom. The maximum atomic E-state index is 13.3. The molecule has 0 amide bonds. The van der Waals surface area contributed by atoms with Gasteiger partial charge in [-0.05, 0) is 25.1 Å². The second kappa shape index (κ2) is 5.81. The molecule has 0 saturated carbocycles. The van der Waals surface area contributed by atoms with Crippen LogP contribution in [0.15, 0.2) is 18.2 Å². The lowest BCUT2D eigenvalue weighted by molar-refractivity contribution is -0.142. The summed E-state index contributed by atoms with van der Waals surface area (Å²) in [5, 5.41) is 0. The molecule has 0 bridgehead atoms. The molecule has 104 valence electrons. The minimum absolute atomic E-state index is 0.0250. The van der Waals surface area contributed by atoms with Gasteiger partial charge >= 0.3 is 12.1 Å². The molecular formula is C12H10F4O3. The number of hydrogen-bond donors (Lipinski definition) is 0. The van der Waals surface area contributed by atoms with E-state index in [1.165, 1.54) is 6.92 Å². The van der Waals surface area contributed by atoms with Crippen molar-refractivity contribution in [2.45, 2.75) is 19.5 Å². The van der Waals surface area contributed by atoms with Gasteiger partial charge in [-0.1, -0.05) is 0 Å². The number of Topliss-reactive ketones (excluding diaryl/α,β-unsaturated/α-hetero) is 1. The van der Waals surface area contributed by atoms with Gasteiger partial charge in [0.05, 0.1) is 17.7 Å². The fourth-order valence-corrected chi connectivity index (χ4v) is 1.35. The van der Waals surface area contributed by atoms with E-state index in [1.807, 2.05) is 0 Å². The molecule has 7 heteroatoms. The van der Waals surface area contributed by atoms with Crippen LogP contribution >= 0.6 is 0 Å². The maximum Gasteiger partial charge on any atom is 0.416 e. The molecule has 1 aromatic rings. The average molecular weight is 278 g/mol. The van der Waals surface area contributed by atoms with E-state index < -0.39 is 41.3 Å². The van der Waals surface area contributed by atoms with Gasteiger partial charge in [0.1, 0.15) is 12.2 Å². The van der Waals surface area contributed by atoms with Gasteiger partial charge in [0.25, 0.3) is 0 Å². The van der Waals surface area contributed by atoms with Crippen molar-refractivity contribution >= 4 is 11.8 Å².